The van der Waals surface area contributed by atoms with Crippen LogP contribution in [0.15, 0.2) is 85.1 Å². The maximum absolute atomic E-state index is 12.9. The summed E-state index contributed by atoms with van der Waals surface area (Å²) in [6.07, 6.45) is 112. The molecule has 0 rings (SSSR count). The van der Waals surface area contributed by atoms with Gasteiger partial charge in [-0.2, -0.15) is 0 Å². The van der Waals surface area contributed by atoms with Crippen LogP contribution in [0.25, 0.3) is 0 Å². The normalized spacial score (nSPS) is 13.4. The van der Waals surface area contributed by atoms with Gasteiger partial charge in [-0.25, -0.2) is 0 Å². The molecule has 584 valence electrons. The molecule has 0 fully saturated rings. The number of ether oxygens (including phenoxy) is 2. The molecule has 2 unspecified atom stereocenters. The molecule has 0 saturated carbocycles. The molecule has 0 amide bonds. The summed E-state index contributed by atoms with van der Waals surface area (Å²) < 4.78 is 34.5. The second-order valence-electron chi connectivity index (χ2n) is 30.5. The van der Waals surface area contributed by atoms with Gasteiger partial charge in [-0.15, -0.1) is 0 Å². The van der Waals surface area contributed by atoms with Crippen molar-refractivity contribution in [3.05, 3.63) is 85.1 Å². The Morgan fingerprint density at radius 3 is 0.850 bits per heavy atom. The van der Waals surface area contributed by atoms with Crippen molar-refractivity contribution in [3.8, 4) is 0 Å². The summed E-state index contributed by atoms with van der Waals surface area (Å²) >= 11 is 0. The molecule has 0 bridgehead atoms. The van der Waals surface area contributed by atoms with Crippen LogP contribution in [0.4, 0.5) is 0 Å². The van der Waals surface area contributed by atoms with Crippen molar-refractivity contribution in [1.82, 2.24) is 0 Å². The maximum atomic E-state index is 12.9. The van der Waals surface area contributed by atoms with Gasteiger partial charge in [0.15, 0.2) is 6.10 Å². The molecule has 9 nitrogen and oxygen atoms in total. The van der Waals surface area contributed by atoms with E-state index in [-0.39, 0.29) is 32.0 Å². The van der Waals surface area contributed by atoms with Crippen LogP contribution in [0, 0.1) is 0 Å². The molecule has 0 aromatic carbocycles. The topological polar surface area (TPSA) is 111 Å². The van der Waals surface area contributed by atoms with Crippen LogP contribution in [0.3, 0.4) is 0 Å². The van der Waals surface area contributed by atoms with Gasteiger partial charge < -0.3 is 27.9 Å². The van der Waals surface area contributed by atoms with Crippen LogP contribution in [0.5, 0.6) is 0 Å². The Morgan fingerprint density at radius 1 is 0.320 bits per heavy atom. The summed E-state index contributed by atoms with van der Waals surface area (Å²) in [5.74, 6) is -0.814. The summed E-state index contributed by atoms with van der Waals surface area (Å²) in [6, 6.07) is 0. The Morgan fingerprint density at radius 2 is 0.570 bits per heavy atom. The van der Waals surface area contributed by atoms with Crippen LogP contribution >= 0.6 is 7.82 Å². The summed E-state index contributed by atoms with van der Waals surface area (Å²) in [5.41, 5.74) is 0. The van der Waals surface area contributed by atoms with Gasteiger partial charge in [-0.05, 0) is 70.6 Å². The van der Waals surface area contributed by atoms with E-state index in [1.807, 2.05) is 21.1 Å². The highest BCUT2D eigenvalue weighted by atomic mass is 31.2. The predicted molar refractivity (Wildman–Crippen MR) is 434 cm³/mol. The number of likely N-dealkylation sites (N-methyl/N-ethyl adjacent to an activating group) is 1. The number of hydrogen-bond donors (Lipinski definition) is 0. The number of unbranched alkanes of at least 4 members (excludes halogenated alkanes) is 53. The zero-order chi connectivity index (χ0) is 72.5. The summed E-state index contributed by atoms with van der Waals surface area (Å²) in [7, 11) is 1.18. The minimum atomic E-state index is -4.65. The van der Waals surface area contributed by atoms with E-state index in [2.05, 4.69) is 98.9 Å². The molecule has 0 aliphatic rings. The van der Waals surface area contributed by atoms with Gasteiger partial charge in [0.05, 0.1) is 27.7 Å². The molecule has 0 aliphatic carbocycles. The molecule has 0 aromatic heterocycles. The van der Waals surface area contributed by atoms with E-state index >= 15 is 0 Å². The number of carbonyl (C=O) groups is 2. The number of carbonyl (C=O) groups excluding carboxylic acids is 2. The second-order valence-corrected chi connectivity index (χ2v) is 31.9. The van der Waals surface area contributed by atoms with Gasteiger partial charge in [0.1, 0.15) is 19.8 Å². The van der Waals surface area contributed by atoms with E-state index < -0.39 is 26.5 Å². The van der Waals surface area contributed by atoms with Crippen molar-refractivity contribution in [2.24, 2.45) is 0 Å². The fourth-order valence-electron chi connectivity index (χ4n) is 12.9. The number of quaternary nitrogens is 1. The number of hydrogen-bond acceptors (Lipinski definition) is 8. The molecular formula is C90H166NO8P. The largest absolute Gasteiger partial charge is 0.756 e. The first-order valence-electron chi connectivity index (χ1n) is 43.3. The Hall–Kier alpha value is -2.81. The smallest absolute Gasteiger partial charge is 0.306 e. The lowest BCUT2D eigenvalue weighted by Gasteiger charge is -2.28. The van der Waals surface area contributed by atoms with Crippen molar-refractivity contribution in [3.63, 3.8) is 0 Å². The van der Waals surface area contributed by atoms with Gasteiger partial charge >= 0.3 is 11.9 Å². The van der Waals surface area contributed by atoms with Crippen LogP contribution < -0.4 is 4.89 Å². The Kier molecular flexibility index (Phi) is 78.0. The third-order valence-corrected chi connectivity index (χ3v) is 20.4. The monoisotopic (exact) mass is 1420 g/mol. The van der Waals surface area contributed by atoms with E-state index in [1.54, 1.807) is 0 Å². The van der Waals surface area contributed by atoms with E-state index in [1.165, 1.54) is 308 Å². The molecule has 100 heavy (non-hydrogen) atoms. The predicted octanol–water partition coefficient (Wildman–Crippen LogP) is 28.5. The number of phosphoric acid groups is 1. The number of rotatable bonds is 81. The molecule has 0 aromatic rings. The van der Waals surface area contributed by atoms with Gasteiger partial charge in [0, 0.05) is 12.8 Å². The van der Waals surface area contributed by atoms with E-state index in [4.69, 9.17) is 18.5 Å². The number of esters is 2. The second kappa shape index (κ2) is 80.3. The molecule has 0 saturated heterocycles. The third kappa shape index (κ3) is 84.1. The van der Waals surface area contributed by atoms with E-state index in [0.29, 0.717) is 17.4 Å². The average Bonchev–Trinajstić information content (AvgIpc) is 1.02. The first kappa shape index (κ1) is 97.2. The summed E-state index contributed by atoms with van der Waals surface area (Å²) in [5, 5.41) is 0. The lowest BCUT2D eigenvalue weighted by molar-refractivity contribution is -0.870. The van der Waals surface area contributed by atoms with Crippen molar-refractivity contribution < 1.29 is 42.1 Å². The lowest BCUT2D eigenvalue weighted by atomic mass is 10.0. The molecule has 0 spiro atoms. The molecule has 0 aliphatic heterocycles. The van der Waals surface area contributed by atoms with Crippen LogP contribution in [0.2, 0.25) is 0 Å². The zero-order valence-corrected chi connectivity index (χ0v) is 67.8. The Bertz CT molecular complexity index is 1970. The fourth-order valence-corrected chi connectivity index (χ4v) is 13.6. The molecule has 10 heteroatoms. The van der Waals surface area contributed by atoms with Crippen molar-refractivity contribution >= 4 is 19.8 Å². The van der Waals surface area contributed by atoms with E-state index in [0.717, 1.165) is 83.5 Å². The van der Waals surface area contributed by atoms with Gasteiger partial charge in [0.25, 0.3) is 7.82 Å². The van der Waals surface area contributed by atoms with Crippen molar-refractivity contribution in [2.45, 2.75) is 431 Å². The Labute approximate surface area is 621 Å². The van der Waals surface area contributed by atoms with Crippen molar-refractivity contribution in [2.75, 3.05) is 47.5 Å². The van der Waals surface area contributed by atoms with Crippen molar-refractivity contribution in [1.29, 1.82) is 0 Å². The minimum Gasteiger partial charge on any atom is -0.756 e. The molecule has 0 N–H and O–H groups in total. The fraction of sp³-hybridized carbons (Fsp3) is 0.822. The highest BCUT2D eigenvalue weighted by molar-refractivity contribution is 7.45. The maximum Gasteiger partial charge on any atom is 0.306 e. The number of allylic oxidation sites excluding steroid dienone is 14. The highest BCUT2D eigenvalue weighted by Gasteiger charge is 2.22. The summed E-state index contributed by atoms with van der Waals surface area (Å²) in [6.45, 7) is 4.19. The number of nitrogens with zero attached hydrogens (tertiary/aromatic N) is 1. The first-order valence-corrected chi connectivity index (χ1v) is 44.8. The average molecular weight is 1420 g/mol. The standard InChI is InChI=1S/C90H166NO8P/c1-6-8-10-12-14-16-18-20-22-24-26-28-30-32-34-36-38-40-42-44-45-47-48-50-52-54-56-58-60-62-64-66-68-70-72-74-76-78-80-82-89(92)96-86-88(87-98-100(94,95)97-85-84-91(3,4)5)99-90(93)83-81-79-77-75-73-71-69-67-65-63-61-59-57-55-53-51-49-46-43-41-39-37-35-33-31-29-27-25-23-21-19-17-15-13-11-9-7-2/h9,11,15,17,21,23,27,29,33,35,39,41,46,49,88H,6-8,10,12-14,16,18-20,22,24-26,28,30-32,34,36-38,40,42-45,47-48,50-87H2,1-5H3/b11-9-,17-15-,23-21-,29-27-,35-33-,41-39-,49-46-. The van der Waals surface area contributed by atoms with E-state index in [9.17, 15) is 19.0 Å². The third-order valence-electron chi connectivity index (χ3n) is 19.4. The Balaban J connectivity index is 3.89. The van der Waals surface area contributed by atoms with Gasteiger partial charge in [-0.3, -0.25) is 14.2 Å². The van der Waals surface area contributed by atoms with Gasteiger partial charge in [-0.1, -0.05) is 426 Å². The van der Waals surface area contributed by atoms with Crippen LogP contribution in [0.1, 0.15) is 425 Å². The molecule has 0 radical (unpaired) electrons. The number of phosphoric ester groups is 1. The highest BCUT2D eigenvalue weighted by Crippen LogP contribution is 2.38. The lowest BCUT2D eigenvalue weighted by Crippen LogP contribution is -2.37. The molecule has 0 heterocycles. The summed E-state index contributed by atoms with van der Waals surface area (Å²) in [4.78, 5) is 38.2. The quantitative estimate of drug-likeness (QED) is 0.0195. The van der Waals surface area contributed by atoms with Crippen LogP contribution in [-0.4, -0.2) is 70.0 Å². The molecular weight excluding hydrogens is 1250 g/mol. The first-order chi connectivity index (χ1) is 49.0. The zero-order valence-electron chi connectivity index (χ0n) is 66.9. The SMILES string of the molecule is CC/C=C\C/C=C\C/C=C\C/C=C\C/C=C\C/C=C\C/C=C\CCCCCCCCCCCCCCCCCC(=O)OC(COC(=O)CCCCCCCCCCCCCCCCCCCCCCCCCCCCCCCCCCCCCCCCC)COP(=O)([O-])OCC[N+](C)(C)C. The van der Waals surface area contributed by atoms with Crippen LogP contribution in [-0.2, 0) is 32.7 Å². The van der Waals surface area contributed by atoms with Gasteiger partial charge in [0.2, 0.25) is 0 Å². The molecule has 2 atom stereocenters. The minimum absolute atomic E-state index is 0.0306.